The van der Waals surface area contributed by atoms with E-state index in [0.717, 1.165) is 49.5 Å². The van der Waals surface area contributed by atoms with Crippen LogP contribution in [0.2, 0.25) is 0 Å². The van der Waals surface area contributed by atoms with Crippen LogP contribution in [0.1, 0.15) is 0 Å². The van der Waals surface area contributed by atoms with Gasteiger partial charge in [-0.1, -0.05) is 121 Å². The maximum absolute atomic E-state index is 6.85. The van der Waals surface area contributed by atoms with Crippen LogP contribution in [0, 0.1) is 0 Å². The molecule has 9 aromatic carbocycles. The van der Waals surface area contributed by atoms with Crippen LogP contribution in [0.3, 0.4) is 0 Å². The zero-order valence-corrected chi connectivity index (χ0v) is 32.6. The Morgan fingerprint density at radius 1 is 0.417 bits per heavy atom. The summed E-state index contributed by atoms with van der Waals surface area (Å²) in [6, 6.07) is 61.2. The average molecular weight is 781 g/mol. The van der Waals surface area contributed by atoms with E-state index >= 15 is 0 Å². The summed E-state index contributed by atoms with van der Waals surface area (Å²) in [5, 5.41) is 13.2. The van der Waals surface area contributed by atoms with E-state index in [0.29, 0.717) is 11.5 Å². The standard InChI is InChI=1S/C54H28N4OS/c1-2-13-29(14-3-1)44-31-16-4-6-18-33(31)45(34-19-7-5-17-32(34)44)51-53-50(36-20-9-11-24-41(36)59-53)55-54(56-51)58-39-23-12-22-38-46(39)47-40(58)26-28-42-48(47)49-43(60-42)27-25-35-30-15-8-10-21-37(30)57(38)52(35)49/h1-28H. The largest absolute Gasteiger partial charge is 0.452 e. The summed E-state index contributed by atoms with van der Waals surface area (Å²) in [5.41, 5.74) is 12.3. The monoisotopic (exact) mass is 780 g/mol. The van der Waals surface area contributed by atoms with Crippen LogP contribution in [0.5, 0.6) is 0 Å². The Balaban J connectivity index is 1.14. The second kappa shape index (κ2) is 11.0. The molecule has 0 aliphatic heterocycles. The molecule has 0 spiro atoms. The molecule has 0 bridgehead atoms. The van der Waals surface area contributed by atoms with E-state index in [1.807, 2.05) is 23.5 Å². The minimum atomic E-state index is 0.615. The lowest BCUT2D eigenvalue weighted by molar-refractivity contribution is 0.667. The molecule has 0 aliphatic rings. The van der Waals surface area contributed by atoms with Gasteiger partial charge in [-0.05, 0) is 81.2 Å². The third-order valence-corrected chi connectivity index (χ3v) is 14.2. The summed E-state index contributed by atoms with van der Waals surface area (Å²) in [6.07, 6.45) is 0. The molecule has 0 N–H and O–H groups in total. The number of para-hydroxylation sites is 2. The SMILES string of the molecule is c1ccc(-c2c3ccccc3c(-c3nc(-n4c5ccc6sc7ccc8c9ccccc9n9c%10cccc4c%10c5c6c7c89)nc4c3oc3ccccc34)c3ccccc23)cc1. The molecule has 6 heterocycles. The lowest BCUT2D eigenvalue weighted by Gasteiger charge is -2.18. The average Bonchev–Trinajstić information content (AvgIpc) is 4.03. The lowest BCUT2D eigenvalue weighted by atomic mass is 9.87. The summed E-state index contributed by atoms with van der Waals surface area (Å²) < 4.78 is 14.2. The van der Waals surface area contributed by atoms with Gasteiger partial charge >= 0.3 is 0 Å². The summed E-state index contributed by atoms with van der Waals surface area (Å²) in [7, 11) is 0. The fourth-order valence-electron chi connectivity index (χ4n) is 10.7. The third kappa shape index (κ3) is 3.74. The van der Waals surface area contributed by atoms with Gasteiger partial charge in [0.25, 0.3) is 0 Å². The smallest absolute Gasteiger partial charge is 0.236 e. The molecular formula is C54H28N4OS. The Kier molecular flexibility index (Phi) is 5.74. The number of aromatic nitrogens is 4. The third-order valence-electron chi connectivity index (χ3n) is 13.0. The number of furan rings is 1. The zero-order valence-electron chi connectivity index (χ0n) is 31.8. The van der Waals surface area contributed by atoms with E-state index in [1.165, 1.54) is 80.2 Å². The number of hydrogen-bond acceptors (Lipinski definition) is 4. The maximum atomic E-state index is 6.85. The summed E-state index contributed by atoms with van der Waals surface area (Å²) in [4.78, 5) is 11.2. The van der Waals surface area contributed by atoms with Gasteiger partial charge in [0.2, 0.25) is 5.95 Å². The molecule has 6 heteroatoms. The molecule has 0 saturated heterocycles. The highest BCUT2D eigenvalue weighted by Crippen LogP contribution is 2.51. The Hall–Kier alpha value is -7.80. The molecule has 15 aromatic rings. The fraction of sp³-hybridized carbons (Fsp3) is 0. The topological polar surface area (TPSA) is 48.3 Å². The van der Waals surface area contributed by atoms with Crippen LogP contribution in [0.15, 0.2) is 174 Å². The van der Waals surface area contributed by atoms with E-state index < -0.39 is 0 Å². The number of thiophene rings is 1. The first kappa shape index (κ1) is 31.2. The molecule has 0 aliphatic carbocycles. The number of benzene rings is 9. The van der Waals surface area contributed by atoms with Gasteiger partial charge in [-0.2, -0.15) is 0 Å². The van der Waals surface area contributed by atoms with Crippen molar-refractivity contribution in [1.29, 1.82) is 0 Å². The Bertz CT molecular complexity index is 4240. The van der Waals surface area contributed by atoms with Gasteiger partial charge in [-0.25, -0.2) is 9.97 Å². The molecule has 0 unspecified atom stereocenters. The second-order valence-electron chi connectivity index (χ2n) is 16.0. The van der Waals surface area contributed by atoms with E-state index in [9.17, 15) is 0 Å². The predicted octanol–water partition coefficient (Wildman–Crippen LogP) is 14.9. The van der Waals surface area contributed by atoms with E-state index in [1.54, 1.807) is 0 Å². The van der Waals surface area contributed by atoms with Crippen molar-refractivity contribution in [1.82, 2.24) is 18.9 Å². The van der Waals surface area contributed by atoms with Gasteiger partial charge in [-0.3, -0.25) is 4.57 Å². The van der Waals surface area contributed by atoms with Crippen molar-refractivity contribution in [3.8, 4) is 28.3 Å². The maximum Gasteiger partial charge on any atom is 0.236 e. The van der Waals surface area contributed by atoms with Crippen molar-refractivity contribution in [2.45, 2.75) is 0 Å². The molecule has 5 nitrogen and oxygen atoms in total. The van der Waals surface area contributed by atoms with Crippen molar-refractivity contribution in [2.24, 2.45) is 0 Å². The van der Waals surface area contributed by atoms with Crippen LogP contribution in [-0.2, 0) is 0 Å². The first-order valence-electron chi connectivity index (χ1n) is 20.3. The van der Waals surface area contributed by atoms with Gasteiger partial charge in [0.15, 0.2) is 5.58 Å². The molecule has 6 aromatic heterocycles. The van der Waals surface area contributed by atoms with Crippen molar-refractivity contribution in [3.63, 3.8) is 0 Å². The molecule has 276 valence electrons. The molecule has 0 saturated carbocycles. The van der Waals surface area contributed by atoms with Gasteiger partial charge in [0.05, 0.1) is 27.6 Å². The van der Waals surface area contributed by atoms with Crippen LogP contribution >= 0.6 is 11.3 Å². The van der Waals surface area contributed by atoms with E-state index in [-0.39, 0.29) is 0 Å². The van der Waals surface area contributed by atoms with Crippen LogP contribution in [0.25, 0.3) is 141 Å². The summed E-state index contributed by atoms with van der Waals surface area (Å²) in [6.45, 7) is 0. The highest BCUT2D eigenvalue weighted by molar-refractivity contribution is 7.26. The van der Waals surface area contributed by atoms with Crippen molar-refractivity contribution < 1.29 is 4.42 Å². The van der Waals surface area contributed by atoms with Crippen LogP contribution < -0.4 is 0 Å². The minimum Gasteiger partial charge on any atom is -0.452 e. The fourth-order valence-corrected chi connectivity index (χ4v) is 11.8. The summed E-state index contributed by atoms with van der Waals surface area (Å²) in [5.74, 6) is 0.615. The molecule has 60 heavy (non-hydrogen) atoms. The van der Waals surface area contributed by atoms with Crippen molar-refractivity contribution >= 4 is 124 Å². The Labute approximate surface area is 344 Å². The molecule has 0 radical (unpaired) electrons. The van der Waals surface area contributed by atoms with E-state index in [2.05, 4.69) is 167 Å². The molecule has 0 atom stereocenters. The predicted molar refractivity (Wildman–Crippen MR) is 251 cm³/mol. The lowest BCUT2D eigenvalue weighted by Crippen LogP contribution is -2.03. The Morgan fingerprint density at radius 3 is 1.83 bits per heavy atom. The number of nitrogens with zero attached hydrogens (tertiary/aromatic N) is 4. The molecular weight excluding hydrogens is 753 g/mol. The molecule has 0 fully saturated rings. The highest BCUT2D eigenvalue weighted by atomic mass is 32.1. The van der Waals surface area contributed by atoms with Gasteiger partial charge in [0, 0.05) is 52.7 Å². The van der Waals surface area contributed by atoms with Crippen molar-refractivity contribution in [2.75, 3.05) is 0 Å². The molecule has 15 rings (SSSR count). The minimum absolute atomic E-state index is 0.615. The first-order chi connectivity index (χ1) is 29.8. The zero-order chi connectivity index (χ0) is 38.8. The van der Waals surface area contributed by atoms with Crippen LogP contribution in [0.4, 0.5) is 0 Å². The second-order valence-corrected chi connectivity index (χ2v) is 17.1. The molecule has 0 amide bonds. The van der Waals surface area contributed by atoms with Gasteiger partial charge < -0.3 is 8.82 Å². The van der Waals surface area contributed by atoms with Crippen molar-refractivity contribution in [3.05, 3.63) is 170 Å². The summed E-state index contributed by atoms with van der Waals surface area (Å²) >= 11 is 1.88. The highest BCUT2D eigenvalue weighted by Gasteiger charge is 2.28. The number of fused-ring (bicyclic) bond motifs is 9. The normalized spacial score (nSPS) is 12.7. The first-order valence-corrected chi connectivity index (χ1v) is 21.2. The quantitative estimate of drug-likeness (QED) is 0.168. The van der Waals surface area contributed by atoms with Gasteiger partial charge in [0.1, 0.15) is 16.8 Å². The van der Waals surface area contributed by atoms with E-state index in [4.69, 9.17) is 14.4 Å². The number of hydrogen-bond donors (Lipinski definition) is 0. The van der Waals surface area contributed by atoms with Crippen LogP contribution in [-0.4, -0.2) is 18.9 Å². The Morgan fingerprint density at radius 2 is 1.03 bits per heavy atom. The van der Waals surface area contributed by atoms with Gasteiger partial charge in [-0.15, -0.1) is 11.3 Å². The number of rotatable bonds is 3.